The van der Waals surface area contributed by atoms with Crippen molar-refractivity contribution in [3.05, 3.63) is 33.3 Å². The quantitative estimate of drug-likeness (QED) is 0.882. The Hall–Kier alpha value is -0.340. The minimum atomic E-state index is 0.235. The smallest absolute Gasteiger partial charge is 0.0207 e. The van der Waals surface area contributed by atoms with E-state index in [9.17, 15) is 0 Å². The summed E-state index contributed by atoms with van der Waals surface area (Å²) in [5.74, 6) is 0. The van der Waals surface area contributed by atoms with E-state index in [0.29, 0.717) is 0 Å². The molecule has 0 saturated carbocycles. The van der Waals surface area contributed by atoms with Crippen molar-refractivity contribution in [3.8, 4) is 0 Å². The van der Waals surface area contributed by atoms with Crippen LogP contribution in [-0.4, -0.2) is 13.6 Å². The highest BCUT2D eigenvalue weighted by molar-refractivity contribution is 9.10. The van der Waals surface area contributed by atoms with Gasteiger partial charge in [0.1, 0.15) is 0 Å². The molecule has 0 saturated heterocycles. The van der Waals surface area contributed by atoms with E-state index < -0.39 is 0 Å². The van der Waals surface area contributed by atoms with Gasteiger partial charge in [0, 0.05) is 4.47 Å². The molecule has 1 N–H and O–H groups in total. The first-order valence-electron chi connectivity index (χ1n) is 5.80. The van der Waals surface area contributed by atoms with E-state index in [1.807, 2.05) is 7.05 Å². The van der Waals surface area contributed by atoms with Crippen LogP contribution in [0.25, 0.3) is 0 Å². The van der Waals surface area contributed by atoms with E-state index >= 15 is 0 Å². The highest BCUT2D eigenvalue weighted by Gasteiger charge is 2.22. The zero-order chi connectivity index (χ0) is 12.3. The van der Waals surface area contributed by atoms with E-state index in [-0.39, 0.29) is 5.41 Å². The van der Waals surface area contributed by atoms with Crippen LogP contribution < -0.4 is 5.32 Å². The molecule has 1 rings (SSSR count). The molecule has 0 aliphatic carbocycles. The molecule has 0 bridgehead atoms. The van der Waals surface area contributed by atoms with Gasteiger partial charge in [-0.25, -0.2) is 0 Å². The summed E-state index contributed by atoms with van der Waals surface area (Å²) in [5, 5.41) is 3.23. The fourth-order valence-corrected chi connectivity index (χ4v) is 2.54. The number of halogens is 1. The molecule has 2 heteroatoms. The average Bonchev–Trinajstić information content (AvgIpc) is 2.20. The standard InChI is InChI=1S/C14H22BrN/c1-10-9-13(15)11(2)8-12(10)14(3,4)6-7-16-5/h8-9,16H,6-7H2,1-5H3. The first-order valence-corrected chi connectivity index (χ1v) is 6.59. The van der Waals surface area contributed by atoms with Gasteiger partial charge >= 0.3 is 0 Å². The molecule has 0 amide bonds. The number of hydrogen-bond acceptors (Lipinski definition) is 1. The average molecular weight is 284 g/mol. The lowest BCUT2D eigenvalue weighted by atomic mass is 9.79. The Bertz CT molecular complexity index is 369. The third-order valence-corrected chi connectivity index (χ3v) is 4.09. The Morgan fingerprint density at radius 2 is 1.81 bits per heavy atom. The van der Waals surface area contributed by atoms with Crippen molar-refractivity contribution >= 4 is 15.9 Å². The fraction of sp³-hybridized carbons (Fsp3) is 0.571. The fourth-order valence-electron chi connectivity index (χ4n) is 2.08. The van der Waals surface area contributed by atoms with Crippen molar-refractivity contribution in [3.63, 3.8) is 0 Å². The minimum absolute atomic E-state index is 0.235. The van der Waals surface area contributed by atoms with Crippen molar-refractivity contribution in [2.45, 2.75) is 39.5 Å². The van der Waals surface area contributed by atoms with Crippen LogP contribution in [0.3, 0.4) is 0 Å². The molecule has 0 spiro atoms. The van der Waals surface area contributed by atoms with E-state index in [0.717, 1.165) is 13.0 Å². The van der Waals surface area contributed by atoms with E-state index in [1.165, 1.54) is 21.2 Å². The van der Waals surface area contributed by atoms with Crippen LogP contribution in [-0.2, 0) is 5.41 Å². The predicted molar refractivity (Wildman–Crippen MR) is 75.2 cm³/mol. The van der Waals surface area contributed by atoms with Gasteiger partial charge in [-0.3, -0.25) is 0 Å². The van der Waals surface area contributed by atoms with Crippen LogP contribution in [0, 0.1) is 13.8 Å². The maximum absolute atomic E-state index is 3.59. The lowest BCUT2D eigenvalue weighted by molar-refractivity contribution is 0.466. The number of nitrogens with one attached hydrogen (secondary N) is 1. The van der Waals surface area contributed by atoms with Crippen LogP contribution in [0.4, 0.5) is 0 Å². The van der Waals surface area contributed by atoms with Crippen LogP contribution in [0.1, 0.15) is 37.0 Å². The molecule has 0 aliphatic rings. The highest BCUT2D eigenvalue weighted by atomic mass is 79.9. The van der Waals surface area contributed by atoms with Crippen LogP contribution in [0.15, 0.2) is 16.6 Å². The summed E-state index contributed by atoms with van der Waals surface area (Å²) in [4.78, 5) is 0. The molecule has 1 aromatic rings. The molecule has 90 valence electrons. The lowest BCUT2D eigenvalue weighted by Crippen LogP contribution is -2.24. The summed E-state index contributed by atoms with van der Waals surface area (Å²) >= 11 is 3.59. The van der Waals surface area contributed by atoms with Crippen molar-refractivity contribution in [1.82, 2.24) is 5.32 Å². The molecule has 0 fully saturated rings. The highest BCUT2D eigenvalue weighted by Crippen LogP contribution is 2.32. The Labute approximate surface area is 108 Å². The van der Waals surface area contributed by atoms with Crippen molar-refractivity contribution < 1.29 is 0 Å². The van der Waals surface area contributed by atoms with Crippen LogP contribution in [0.5, 0.6) is 0 Å². The predicted octanol–water partition coefficient (Wildman–Crippen LogP) is 3.95. The molecular formula is C14H22BrN. The SMILES string of the molecule is CNCCC(C)(C)c1cc(C)c(Br)cc1C. The first kappa shape index (κ1) is 13.7. The van der Waals surface area contributed by atoms with Crippen LogP contribution >= 0.6 is 15.9 Å². The minimum Gasteiger partial charge on any atom is -0.320 e. The largest absolute Gasteiger partial charge is 0.320 e. The summed E-state index contributed by atoms with van der Waals surface area (Å²) in [6, 6.07) is 4.54. The maximum atomic E-state index is 3.59. The van der Waals surface area contributed by atoms with E-state index in [2.05, 4.69) is 61.1 Å². The summed E-state index contributed by atoms with van der Waals surface area (Å²) in [6.07, 6.45) is 1.16. The summed E-state index contributed by atoms with van der Waals surface area (Å²) in [5.41, 5.74) is 4.39. The van der Waals surface area contributed by atoms with Crippen LogP contribution in [0.2, 0.25) is 0 Å². The van der Waals surface area contributed by atoms with Gasteiger partial charge in [0.05, 0.1) is 0 Å². The molecule has 1 aromatic carbocycles. The zero-order valence-electron chi connectivity index (χ0n) is 10.9. The number of benzene rings is 1. The third kappa shape index (κ3) is 3.08. The summed E-state index contributed by atoms with van der Waals surface area (Å²) in [6.45, 7) is 10.0. The second-order valence-electron chi connectivity index (χ2n) is 5.15. The van der Waals surface area contributed by atoms with Gasteiger partial charge in [-0.2, -0.15) is 0 Å². The van der Waals surface area contributed by atoms with Crippen molar-refractivity contribution in [1.29, 1.82) is 0 Å². The van der Waals surface area contributed by atoms with E-state index in [4.69, 9.17) is 0 Å². The lowest BCUT2D eigenvalue weighted by Gasteiger charge is -2.28. The monoisotopic (exact) mass is 283 g/mol. The Morgan fingerprint density at radius 3 is 2.38 bits per heavy atom. The summed E-state index contributed by atoms with van der Waals surface area (Å²) < 4.78 is 1.21. The number of rotatable bonds is 4. The van der Waals surface area contributed by atoms with Gasteiger partial charge in [0.2, 0.25) is 0 Å². The molecular weight excluding hydrogens is 262 g/mol. The molecule has 0 unspecified atom stereocenters. The Kier molecular flexibility index (Phi) is 4.57. The van der Waals surface area contributed by atoms with Gasteiger partial charge in [0.15, 0.2) is 0 Å². The van der Waals surface area contributed by atoms with Gasteiger partial charge in [-0.1, -0.05) is 35.8 Å². The molecule has 0 aromatic heterocycles. The maximum Gasteiger partial charge on any atom is 0.0207 e. The van der Waals surface area contributed by atoms with E-state index in [1.54, 1.807) is 0 Å². The molecule has 0 heterocycles. The molecule has 0 atom stereocenters. The van der Waals surface area contributed by atoms with Gasteiger partial charge < -0.3 is 5.32 Å². The summed E-state index contributed by atoms with van der Waals surface area (Å²) in [7, 11) is 2.01. The zero-order valence-corrected chi connectivity index (χ0v) is 12.5. The topological polar surface area (TPSA) is 12.0 Å². The molecule has 1 nitrogen and oxygen atoms in total. The van der Waals surface area contributed by atoms with Crippen molar-refractivity contribution in [2.75, 3.05) is 13.6 Å². The molecule has 0 aliphatic heterocycles. The van der Waals surface area contributed by atoms with Gasteiger partial charge in [0.25, 0.3) is 0 Å². The van der Waals surface area contributed by atoms with Crippen molar-refractivity contribution in [2.24, 2.45) is 0 Å². The molecule has 16 heavy (non-hydrogen) atoms. The van der Waals surface area contributed by atoms with Gasteiger partial charge in [-0.05, 0) is 62.0 Å². The number of hydrogen-bond donors (Lipinski definition) is 1. The van der Waals surface area contributed by atoms with Gasteiger partial charge in [-0.15, -0.1) is 0 Å². The normalized spacial score (nSPS) is 11.9. The first-order chi connectivity index (χ1) is 7.38. The number of aryl methyl sites for hydroxylation is 2. The third-order valence-electron chi connectivity index (χ3n) is 3.23. The Morgan fingerprint density at radius 1 is 1.19 bits per heavy atom. The second kappa shape index (κ2) is 5.33. The molecule has 0 radical (unpaired) electrons. The second-order valence-corrected chi connectivity index (χ2v) is 6.01. The Balaban J connectivity index is 3.07.